The Labute approximate surface area is 88.4 Å². The molecule has 0 saturated carbocycles. The molecule has 1 aromatic carbocycles. The fourth-order valence-electron chi connectivity index (χ4n) is 1.44. The van der Waals surface area contributed by atoms with Crippen molar-refractivity contribution in [1.29, 1.82) is 0 Å². The van der Waals surface area contributed by atoms with Gasteiger partial charge in [0.15, 0.2) is 11.0 Å². The zero-order valence-electron chi connectivity index (χ0n) is 9.10. The number of aromatic nitrogens is 2. The third-order valence-corrected chi connectivity index (χ3v) is 1.99. The molecule has 0 aliphatic carbocycles. The van der Waals surface area contributed by atoms with E-state index in [1.807, 2.05) is 0 Å². The second-order valence-electron chi connectivity index (χ2n) is 3.32. The Kier molecular flexibility index (Phi) is 3.44. The second-order valence-corrected chi connectivity index (χ2v) is 3.32. The minimum atomic E-state index is -1.08. The summed E-state index contributed by atoms with van der Waals surface area (Å²) < 4.78 is 4.24. The normalized spacial score (nSPS) is 9.53. The van der Waals surface area contributed by atoms with Gasteiger partial charge in [0.2, 0.25) is 6.33 Å². The predicted octanol–water partition coefficient (Wildman–Crippen LogP) is -0.241. The standard InChI is InChI=1S/C9H11N2.C2H4O2/c1-10-7-11(2)9-6-4-3-5-8(9)10;1-2(3)4/h3-7H,1-2H3;1H3,(H,3,4)/q+1;/p-1. The van der Waals surface area contributed by atoms with E-state index >= 15 is 0 Å². The van der Waals surface area contributed by atoms with E-state index in [2.05, 4.69) is 53.8 Å². The highest BCUT2D eigenvalue weighted by atomic mass is 16.4. The number of rotatable bonds is 0. The van der Waals surface area contributed by atoms with Gasteiger partial charge in [-0.1, -0.05) is 12.1 Å². The first-order valence-corrected chi connectivity index (χ1v) is 4.59. The summed E-state index contributed by atoms with van der Waals surface area (Å²) in [6.07, 6.45) is 2.07. The SMILES string of the molecule is CC(=O)[O-].Cn1c[n+](C)c2ccccc21. The third kappa shape index (κ3) is 2.80. The summed E-state index contributed by atoms with van der Waals surface area (Å²) in [5, 5.41) is 8.89. The zero-order chi connectivity index (χ0) is 11.4. The van der Waals surface area contributed by atoms with Crippen molar-refractivity contribution in [1.82, 2.24) is 4.57 Å². The number of carboxylic acids is 1. The first kappa shape index (κ1) is 11.2. The number of carbonyl (C=O) groups excluding carboxylic acids is 1. The Morgan fingerprint density at radius 3 is 2.47 bits per heavy atom. The Hall–Kier alpha value is -1.84. The number of carboxylic acid groups (broad SMARTS) is 1. The smallest absolute Gasteiger partial charge is 0.244 e. The Bertz CT molecular complexity index is 434. The zero-order valence-corrected chi connectivity index (χ0v) is 9.10. The van der Waals surface area contributed by atoms with E-state index in [0.29, 0.717) is 0 Å². The molecule has 4 nitrogen and oxygen atoms in total. The van der Waals surface area contributed by atoms with Gasteiger partial charge in [0.05, 0.1) is 14.1 Å². The van der Waals surface area contributed by atoms with Crippen molar-refractivity contribution in [3.05, 3.63) is 30.6 Å². The lowest BCUT2D eigenvalue weighted by Crippen LogP contribution is -2.25. The fraction of sp³-hybridized carbons (Fsp3) is 0.273. The molecule has 0 atom stereocenters. The van der Waals surface area contributed by atoms with Crippen molar-refractivity contribution >= 4 is 17.0 Å². The summed E-state index contributed by atoms with van der Waals surface area (Å²) in [7, 11) is 4.12. The molecule has 15 heavy (non-hydrogen) atoms. The maximum Gasteiger partial charge on any atom is 0.244 e. The van der Waals surface area contributed by atoms with E-state index in [1.54, 1.807) is 0 Å². The van der Waals surface area contributed by atoms with Crippen LogP contribution in [0.2, 0.25) is 0 Å². The lowest BCUT2D eigenvalue weighted by atomic mass is 10.3. The number of fused-ring (bicyclic) bond motifs is 1. The van der Waals surface area contributed by atoms with Crippen LogP contribution >= 0.6 is 0 Å². The average Bonchev–Trinajstić information content (AvgIpc) is 2.43. The maximum absolute atomic E-state index is 8.89. The number of aryl methyl sites for hydroxylation is 2. The summed E-state index contributed by atoms with van der Waals surface area (Å²) in [5.74, 6) is -1.08. The van der Waals surface area contributed by atoms with Crippen molar-refractivity contribution in [2.24, 2.45) is 14.1 Å². The van der Waals surface area contributed by atoms with E-state index in [0.717, 1.165) is 6.92 Å². The highest BCUT2D eigenvalue weighted by Gasteiger charge is 2.06. The van der Waals surface area contributed by atoms with Crippen molar-refractivity contribution in [2.45, 2.75) is 6.92 Å². The van der Waals surface area contributed by atoms with Crippen LogP contribution in [-0.2, 0) is 18.9 Å². The van der Waals surface area contributed by atoms with Crippen LogP contribution in [0.5, 0.6) is 0 Å². The van der Waals surface area contributed by atoms with E-state index in [4.69, 9.17) is 9.90 Å². The molecule has 80 valence electrons. The van der Waals surface area contributed by atoms with Gasteiger partial charge in [-0.15, -0.1) is 0 Å². The monoisotopic (exact) mass is 206 g/mol. The lowest BCUT2D eigenvalue weighted by molar-refractivity contribution is -0.645. The molecule has 0 radical (unpaired) electrons. The molecule has 0 spiro atoms. The Morgan fingerprint density at radius 1 is 1.40 bits per heavy atom. The van der Waals surface area contributed by atoms with Gasteiger partial charge in [-0.25, -0.2) is 9.13 Å². The summed E-state index contributed by atoms with van der Waals surface area (Å²) >= 11 is 0. The van der Waals surface area contributed by atoms with Crippen LogP contribution in [0.3, 0.4) is 0 Å². The molecule has 1 aromatic heterocycles. The van der Waals surface area contributed by atoms with Gasteiger partial charge in [-0.3, -0.25) is 0 Å². The first-order valence-electron chi connectivity index (χ1n) is 4.59. The largest absolute Gasteiger partial charge is 0.550 e. The number of hydrogen-bond acceptors (Lipinski definition) is 2. The quantitative estimate of drug-likeness (QED) is 0.558. The molecule has 4 heteroatoms. The molecule has 0 aliphatic rings. The molecule has 2 rings (SSSR count). The summed E-state index contributed by atoms with van der Waals surface area (Å²) in [4.78, 5) is 8.89. The molecule has 0 fully saturated rings. The molecule has 0 N–H and O–H groups in total. The van der Waals surface area contributed by atoms with Crippen LogP contribution in [0.15, 0.2) is 30.6 Å². The topological polar surface area (TPSA) is 48.9 Å². The third-order valence-electron chi connectivity index (χ3n) is 1.99. The number of nitrogens with zero attached hydrogens (tertiary/aromatic N) is 2. The van der Waals surface area contributed by atoms with Gasteiger partial charge in [0, 0.05) is 5.97 Å². The van der Waals surface area contributed by atoms with Gasteiger partial charge in [0.1, 0.15) is 0 Å². The number of imidazole rings is 1. The molecule has 0 amide bonds. The highest BCUT2D eigenvalue weighted by molar-refractivity contribution is 5.71. The second kappa shape index (κ2) is 4.59. The van der Waals surface area contributed by atoms with Gasteiger partial charge in [0.25, 0.3) is 0 Å². The molecule has 0 bridgehead atoms. The number of carbonyl (C=O) groups is 1. The summed E-state index contributed by atoms with van der Waals surface area (Å²) in [5.41, 5.74) is 2.55. The van der Waals surface area contributed by atoms with Crippen molar-refractivity contribution in [2.75, 3.05) is 0 Å². The molecular formula is C11H14N2O2. The molecule has 1 heterocycles. The van der Waals surface area contributed by atoms with E-state index < -0.39 is 5.97 Å². The van der Waals surface area contributed by atoms with Crippen molar-refractivity contribution in [3.63, 3.8) is 0 Å². The number of para-hydroxylation sites is 2. The fourth-order valence-corrected chi connectivity index (χ4v) is 1.44. The van der Waals surface area contributed by atoms with Crippen LogP contribution in [0, 0.1) is 0 Å². The van der Waals surface area contributed by atoms with Gasteiger partial charge < -0.3 is 9.90 Å². The molecule has 0 unspecified atom stereocenters. The van der Waals surface area contributed by atoms with Gasteiger partial charge in [-0.05, 0) is 19.1 Å². The number of hydrogen-bond donors (Lipinski definition) is 0. The number of benzene rings is 1. The number of aliphatic carboxylic acids is 1. The molecular weight excluding hydrogens is 192 g/mol. The molecule has 2 aromatic rings. The van der Waals surface area contributed by atoms with E-state index in [-0.39, 0.29) is 0 Å². The van der Waals surface area contributed by atoms with Crippen molar-refractivity contribution in [3.8, 4) is 0 Å². The molecule has 0 saturated heterocycles. The van der Waals surface area contributed by atoms with Crippen molar-refractivity contribution < 1.29 is 14.5 Å². The summed E-state index contributed by atoms with van der Waals surface area (Å²) in [6, 6.07) is 8.36. The van der Waals surface area contributed by atoms with E-state index in [9.17, 15) is 0 Å². The average molecular weight is 206 g/mol. The molecule has 0 aliphatic heterocycles. The predicted molar refractivity (Wildman–Crippen MR) is 54.8 cm³/mol. The van der Waals surface area contributed by atoms with Crippen LogP contribution in [0.25, 0.3) is 11.0 Å². The van der Waals surface area contributed by atoms with Crippen LogP contribution in [0.1, 0.15) is 6.92 Å². The highest BCUT2D eigenvalue weighted by Crippen LogP contribution is 2.07. The van der Waals surface area contributed by atoms with E-state index in [1.165, 1.54) is 11.0 Å². The van der Waals surface area contributed by atoms with Crippen LogP contribution in [-0.4, -0.2) is 10.5 Å². The Morgan fingerprint density at radius 2 is 1.93 bits per heavy atom. The van der Waals surface area contributed by atoms with Crippen LogP contribution in [0.4, 0.5) is 0 Å². The van der Waals surface area contributed by atoms with Crippen LogP contribution < -0.4 is 9.67 Å². The lowest BCUT2D eigenvalue weighted by Gasteiger charge is -1.84. The first-order chi connectivity index (χ1) is 7.02. The maximum atomic E-state index is 8.89. The Balaban J connectivity index is 0.000000245. The minimum absolute atomic E-state index is 0.972. The minimum Gasteiger partial charge on any atom is -0.550 e. The summed E-state index contributed by atoms with van der Waals surface area (Å²) in [6.45, 7) is 0.972. The van der Waals surface area contributed by atoms with Gasteiger partial charge in [-0.2, -0.15) is 0 Å². The van der Waals surface area contributed by atoms with Gasteiger partial charge >= 0.3 is 0 Å².